The normalized spacial score (nSPS) is 12.5. The summed E-state index contributed by atoms with van der Waals surface area (Å²) in [6.07, 6.45) is 2.84. The Morgan fingerprint density at radius 1 is 1.41 bits per heavy atom. The highest BCUT2D eigenvalue weighted by molar-refractivity contribution is 5.79. The van der Waals surface area contributed by atoms with Gasteiger partial charge in [0.2, 0.25) is 0 Å². The molecule has 1 aromatic heterocycles. The van der Waals surface area contributed by atoms with E-state index in [-0.39, 0.29) is 0 Å². The number of benzene rings is 1. The Morgan fingerprint density at radius 3 is 3.00 bits per heavy atom. The number of hydrogen-bond acceptors (Lipinski definition) is 3. The molecule has 0 radical (unpaired) electrons. The van der Waals surface area contributed by atoms with Gasteiger partial charge in [0.1, 0.15) is 6.04 Å². The molecule has 2 aromatic rings. The number of carboxylic acids is 1. The predicted molar refractivity (Wildman–Crippen MR) is 65.7 cm³/mol. The Hall–Kier alpha value is -1.94. The van der Waals surface area contributed by atoms with Crippen molar-refractivity contribution < 1.29 is 9.90 Å². The average Bonchev–Trinajstić information content (AvgIpc) is 2.35. The molecule has 0 bridgehead atoms. The molecule has 17 heavy (non-hydrogen) atoms. The number of nitrogens with two attached hydrogens (primary N) is 1. The molecule has 88 valence electrons. The molecule has 0 saturated heterocycles. The van der Waals surface area contributed by atoms with Crippen molar-refractivity contribution in [3.63, 3.8) is 0 Å². The minimum absolute atomic E-state index is 0.438. The summed E-state index contributed by atoms with van der Waals surface area (Å²) in [6.45, 7) is 0. The molecule has 4 heteroatoms. The Bertz CT molecular complexity index is 540. The lowest BCUT2D eigenvalue weighted by atomic mass is 10.0. The van der Waals surface area contributed by atoms with Crippen LogP contribution in [0.3, 0.4) is 0 Å². The molecule has 1 aromatic carbocycles. The van der Waals surface area contributed by atoms with E-state index in [0.717, 1.165) is 16.5 Å². The molecule has 0 saturated carbocycles. The number of aromatic nitrogens is 1. The zero-order valence-corrected chi connectivity index (χ0v) is 9.34. The van der Waals surface area contributed by atoms with Gasteiger partial charge < -0.3 is 10.8 Å². The first-order chi connectivity index (χ1) is 8.16. The highest BCUT2D eigenvalue weighted by Crippen LogP contribution is 2.14. The van der Waals surface area contributed by atoms with E-state index < -0.39 is 12.0 Å². The Labute approximate surface area is 99.1 Å². The van der Waals surface area contributed by atoms with Gasteiger partial charge in [0.15, 0.2) is 0 Å². The number of nitrogens with zero attached hydrogens (tertiary/aromatic N) is 1. The maximum atomic E-state index is 10.6. The van der Waals surface area contributed by atoms with Gasteiger partial charge in [0, 0.05) is 11.6 Å². The van der Waals surface area contributed by atoms with Gasteiger partial charge in [-0.3, -0.25) is 9.78 Å². The third-order valence-electron chi connectivity index (χ3n) is 2.73. The molecule has 0 fully saturated rings. The number of rotatable bonds is 4. The quantitative estimate of drug-likeness (QED) is 0.836. The van der Waals surface area contributed by atoms with Gasteiger partial charge >= 0.3 is 5.97 Å². The van der Waals surface area contributed by atoms with E-state index in [4.69, 9.17) is 10.8 Å². The van der Waals surface area contributed by atoms with E-state index in [1.54, 1.807) is 6.20 Å². The van der Waals surface area contributed by atoms with Gasteiger partial charge in [-0.05, 0) is 30.5 Å². The minimum atomic E-state index is -0.955. The second-order valence-electron chi connectivity index (χ2n) is 4.01. The van der Waals surface area contributed by atoms with Crippen molar-refractivity contribution in [3.05, 3.63) is 42.1 Å². The van der Waals surface area contributed by atoms with Gasteiger partial charge in [-0.2, -0.15) is 0 Å². The molecule has 0 aliphatic rings. The molecule has 0 unspecified atom stereocenters. The molecule has 1 heterocycles. The first-order valence-electron chi connectivity index (χ1n) is 5.49. The van der Waals surface area contributed by atoms with Gasteiger partial charge in [-0.25, -0.2) is 0 Å². The summed E-state index contributed by atoms with van der Waals surface area (Å²) in [5, 5.41) is 9.78. The summed E-state index contributed by atoms with van der Waals surface area (Å²) >= 11 is 0. The number of fused-ring (bicyclic) bond motifs is 1. The van der Waals surface area contributed by atoms with Crippen LogP contribution in [-0.4, -0.2) is 22.1 Å². The van der Waals surface area contributed by atoms with Crippen LogP contribution in [0, 0.1) is 0 Å². The fourth-order valence-corrected chi connectivity index (χ4v) is 1.71. The van der Waals surface area contributed by atoms with Crippen LogP contribution in [0.15, 0.2) is 36.5 Å². The Balaban J connectivity index is 2.12. The SMILES string of the molecule is N[C@@H](CCc1ccc2cccnc2c1)C(=O)O. The summed E-state index contributed by atoms with van der Waals surface area (Å²) < 4.78 is 0. The molecular formula is C13H14N2O2. The van der Waals surface area contributed by atoms with Crippen molar-refractivity contribution in [1.82, 2.24) is 4.98 Å². The Kier molecular flexibility index (Phi) is 3.35. The van der Waals surface area contributed by atoms with Gasteiger partial charge in [0.25, 0.3) is 0 Å². The number of carbonyl (C=O) groups is 1. The van der Waals surface area contributed by atoms with Crippen LogP contribution in [0.2, 0.25) is 0 Å². The minimum Gasteiger partial charge on any atom is -0.480 e. The fraction of sp³-hybridized carbons (Fsp3) is 0.231. The molecule has 0 spiro atoms. The summed E-state index contributed by atoms with van der Waals surface area (Å²) in [4.78, 5) is 14.9. The second-order valence-corrected chi connectivity index (χ2v) is 4.01. The average molecular weight is 230 g/mol. The lowest BCUT2D eigenvalue weighted by Gasteiger charge is -2.06. The van der Waals surface area contributed by atoms with Crippen LogP contribution in [0.4, 0.5) is 0 Å². The van der Waals surface area contributed by atoms with E-state index in [2.05, 4.69) is 4.98 Å². The molecule has 0 aliphatic heterocycles. The van der Waals surface area contributed by atoms with E-state index in [0.29, 0.717) is 12.8 Å². The summed E-state index contributed by atoms with van der Waals surface area (Å²) in [7, 11) is 0. The summed E-state index contributed by atoms with van der Waals surface area (Å²) in [5.74, 6) is -0.955. The molecule has 0 aliphatic carbocycles. The van der Waals surface area contributed by atoms with Crippen LogP contribution >= 0.6 is 0 Å². The smallest absolute Gasteiger partial charge is 0.320 e. The second kappa shape index (κ2) is 4.93. The number of aryl methyl sites for hydroxylation is 1. The molecule has 4 nitrogen and oxygen atoms in total. The number of aliphatic carboxylic acids is 1. The first kappa shape index (κ1) is 11.5. The Morgan fingerprint density at radius 2 is 2.24 bits per heavy atom. The third-order valence-corrected chi connectivity index (χ3v) is 2.73. The number of hydrogen-bond donors (Lipinski definition) is 2. The predicted octanol–water partition coefficient (Wildman–Crippen LogP) is 1.58. The maximum absolute atomic E-state index is 10.6. The standard InChI is InChI=1S/C13H14N2O2/c14-11(13(16)17)6-4-9-3-5-10-2-1-7-15-12(10)8-9/h1-3,5,7-8,11H,4,6,14H2,(H,16,17)/t11-/m0/s1. The number of pyridine rings is 1. The van der Waals surface area contributed by atoms with Crippen molar-refractivity contribution >= 4 is 16.9 Å². The van der Waals surface area contributed by atoms with Crippen LogP contribution in [-0.2, 0) is 11.2 Å². The highest BCUT2D eigenvalue weighted by Gasteiger charge is 2.10. The van der Waals surface area contributed by atoms with Crippen molar-refractivity contribution in [3.8, 4) is 0 Å². The van der Waals surface area contributed by atoms with Crippen LogP contribution in [0.25, 0.3) is 10.9 Å². The summed E-state index contributed by atoms with van der Waals surface area (Å²) in [6, 6.07) is 9.04. The van der Waals surface area contributed by atoms with Crippen molar-refractivity contribution in [1.29, 1.82) is 0 Å². The van der Waals surface area contributed by atoms with Crippen molar-refractivity contribution in [2.75, 3.05) is 0 Å². The first-order valence-corrected chi connectivity index (χ1v) is 5.49. The molecule has 2 rings (SSSR count). The van der Waals surface area contributed by atoms with E-state index in [9.17, 15) is 4.79 Å². The zero-order chi connectivity index (χ0) is 12.3. The van der Waals surface area contributed by atoms with Gasteiger partial charge in [0.05, 0.1) is 5.52 Å². The maximum Gasteiger partial charge on any atom is 0.320 e. The van der Waals surface area contributed by atoms with E-state index >= 15 is 0 Å². The lowest BCUT2D eigenvalue weighted by molar-refractivity contribution is -0.138. The molecule has 0 amide bonds. The molecular weight excluding hydrogens is 216 g/mol. The number of carboxylic acid groups (broad SMARTS) is 1. The van der Waals surface area contributed by atoms with E-state index in [1.165, 1.54) is 0 Å². The lowest BCUT2D eigenvalue weighted by Crippen LogP contribution is -2.30. The third kappa shape index (κ3) is 2.79. The molecule has 1 atom stereocenters. The van der Waals surface area contributed by atoms with Crippen LogP contribution in [0.1, 0.15) is 12.0 Å². The van der Waals surface area contributed by atoms with Crippen molar-refractivity contribution in [2.24, 2.45) is 5.73 Å². The summed E-state index contributed by atoms with van der Waals surface area (Å²) in [5.41, 5.74) is 7.45. The van der Waals surface area contributed by atoms with Crippen molar-refractivity contribution in [2.45, 2.75) is 18.9 Å². The topological polar surface area (TPSA) is 76.2 Å². The largest absolute Gasteiger partial charge is 0.480 e. The monoisotopic (exact) mass is 230 g/mol. The van der Waals surface area contributed by atoms with Gasteiger partial charge in [-0.15, -0.1) is 0 Å². The van der Waals surface area contributed by atoms with Crippen LogP contribution < -0.4 is 5.73 Å². The van der Waals surface area contributed by atoms with E-state index in [1.807, 2.05) is 30.3 Å². The fourth-order valence-electron chi connectivity index (χ4n) is 1.71. The van der Waals surface area contributed by atoms with Gasteiger partial charge in [-0.1, -0.05) is 18.2 Å². The zero-order valence-electron chi connectivity index (χ0n) is 9.34. The highest BCUT2D eigenvalue weighted by atomic mass is 16.4. The molecule has 3 N–H and O–H groups in total. The van der Waals surface area contributed by atoms with Crippen LogP contribution in [0.5, 0.6) is 0 Å².